The summed E-state index contributed by atoms with van der Waals surface area (Å²) in [7, 11) is 1.65. The lowest BCUT2D eigenvalue weighted by molar-refractivity contribution is -0.137. The standard InChI is InChI=1S/C30H26F5N7O2S/c1-41-15(4-7-21(41)43)12-44-29-39-25-17(28(40-29)42-10-13-2-3-14(11-42)38-13)8-19(30(33,34)35)23(24(25)32)16-5-6-20(31)26-22(16)18(9-36)27(37)45-26/h5-6,8,13-15,38H,2-4,7,10-12,37H2,1H3/t13?,14?,15-/m0/s1. The third-order valence-corrected chi connectivity index (χ3v) is 9.98. The predicted octanol–water partition coefficient (Wildman–Crippen LogP) is 5.20. The number of carbonyl (C=O) groups is 1. The molecule has 3 saturated heterocycles. The van der Waals surface area contributed by atoms with Crippen molar-refractivity contribution in [2.24, 2.45) is 0 Å². The molecule has 15 heteroatoms. The number of nitriles is 1. The summed E-state index contributed by atoms with van der Waals surface area (Å²) in [6.45, 7) is 0.878. The molecule has 2 unspecified atom stereocenters. The van der Waals surface area contributed by atoms with Crippen LogP contribution in [-0.4, -0.2) is 65.6 Å². The van der Waals surface area contributed by atoms with Gasteiger partial charge in [-0.05, 0) is 37.0 Å². The number of likely N-dealkylation sites (N-methyl/N-ethyl adjacent to an activating group) is 1. The van der Waals surface area contributed by atoms with E-state index in [2.05, 4.69) is 15.3 Å². The number of rotatable bonds is 5. The van der Waals surface area contributed by atoms with Crippen LogP contribution >= 0.6 is 11.3 Å². The Morgan fingerprint density at radius 1 is 1.18 bits per heavy atom. The van der Waals surface area contributed by atoms with Gasteiger partial charge in [0.05, 0.1) is 21.9 Å². The molecular weight excluding hydrogens is 617 g/mol. The van der Waals surface area contributed by atoms with Gasteiger partial charge in [-0.25, -0.2) is 8.78 Å². The Balaban J connectivity index is 1.46. The van der Waals surface area contributed by atoms with Gasteiger partial charge >= 0.3 is 12.2 Å². The van der Waals surface area contributed by atoms with Crippen LogP contribution in [0.3, 0.4) is 0 Å². The third kappa shape index (κ3) is 4.87. The van der Waals surface area contributed by atoms with Crippen LogP contribution < -0.4 is 20.7 Å². The highest BCUT2D eigenvalue weighted by Crippen LogP contribution is 2.48. The van der Waals surface area contributed by atoms with Crippen molar-refractivity contribution < 1.29 is 31.5 Å². The number of thiophene rings is 1. The summed E-state index contributed by atoms with van der Waals surface area (Å²) in [5, 5.41) is 12.8. The first-order valence-electron chi connectivity index (χ1n) is 14.4. The van der Waals surface area contributed by atoms with Crippen molar-refractivity contribution in [2.45, 2.75) is 50.0 Å². The van der Waals surface area contributed by atoms with Gasteiger partial charge in [0.25, 0.3) is 0 Å². The van der Waals surface area contributed by atoms with Gasteiger partial charge in [-0.2, -0.15) is 28.4 Å². The van der Waals surface area contributed by atoms with E-state index in [0.717, 1.165) is 31.0 Å². The Morgan fingerprint density at radius 2 is 1.91 bits per heavy atom. The molecule has 1 amide bonds. The Morgan fingerprint density at radius 3 is 2.56 bits per heavy atom. The molecule has 9 nitrogen and oxygen atoms in total. The van der Waals surface area contributed by atoms with E-state index in [9.17, 15) is 27.6 Å². The zero-order valence-electron chi connectivity index (χ0n) is 23.8. The second-order valence-corrected chi connectivity index (χ2v) is 12.7. The number of hydrogen-bond donors (Lipinski definition) is 2. The van der Waals surface area contributed by atoms with Crippen LogP contribution in [0.25, 0.3) is 32.1 Å². The van der Waals surface area contributed by atoms with E-state index in [-0.39, 0.29) is 74.1 Å². The van der Waals surface area contributed by atoms with Crippen LogP contribution in [0.2, 0.25) is 0 Å². The number of amides is 1. The van der Waals surface area contributed by atoms with E-state index in [1.54, 1.807) is 11.9 Å². The van der Waals surface area contributed by atoms with Gasteiger partial charge in [-0.3, -0.25) is 4.79 Å². The highest BCUT2D eigenvalue weighted by molar-refractivity contribution is 7.23. The lowest BCUT2D eigenvalue weighted by Gasteiger charge is -2.34. The average Bonchev–Trinajstić information content (AvgIpc) is 3.64. The highest BCUT2D eigenvalue weighted by atomic mass is 32.1. The second kappa shape index (κ2) is 10.7. The molecule has 3 N–H and O–H groups in total. The number of piperazine rings is 1. The lowest BCUT2D eigenvalue weighted by atomic mass is 9.92. The smallest absolute Gasteiger partial charge is 0.417 e. The summed E-state index contributed by atoms with van der Waals surface area (Å²) in [4.78, 5) is 24.2. The summed E-state index contributed by atoms with van der Waals surface area (Å²) in [5.41, 5.74) is 2.73. The molecule has 45 heavy (non-hydrogen) atoms. The van der Waals surface area contributed by atoms with E-state index < -0.39 is 34.5 Å². The molecule has 3 aliphatic heterocycles. The van der Waals surface area contributed by atoms with Gasteiger partial charge in [0, 0.05) is 55.0 Å². The number of halogens is 5. The number of anilines is 2. The highest BCUT2D eigenvalue weighted by Gasteiger charge is 2.40. The first kappa shape index (κ1) is 29.4. The van der Waals surface area contributed by atoms with E-state index in [1.807, 2.05) is 11.0 Å². The average molecular weight is 644 g/mol. The molecule has 2 bridgehead atoms. The molecule has 3 aliphatic rings. The topological polar surface area (TPSA) is 120 Å². The number of likely N-dealkylation sites (tertiary alicyclic amines) is 1. The van der Waals surface area contributed by atoms with Crippen molar-refractivity contribution in [1.29, 1.82) is 5.26 Å². The quantitative estimate of drug-likeness (QED) is 0.285. The summed E-state index contributed by atoms with van der Waals surface area (Å²) in [6.07, 6.45) is -2.40. The van der Waals surface area contributed by atoms with Crippen molar-refractivity contribution in [3.05, 3.63) is 41.0 Å². The van der Waals surface area contributed by atoms with Crippen LogP contribution in [0.15, 0.2) is 18.2 Å². The van der Waals surface area contributed by atoms with Gasteiger partial charge in [0.15, 0.2) is 5.82 Å². The fourth-order valence-corrected chi connectivity index (χ4v) is 7.64. The number of nitrogens with two attached hydrogens (primary N) is 1. The largest absolute Gasteiger partial charge is 0.461 e. The maximum atomic E-state index is 16.8. The zero-order chi connectivity index (χ0) is 31.8. The maximum absolute atomic E-state index is 16.8. The summed E-state index contributed by atoms with van der Waals surface area (Å²) < 4.78 is 81.8. The fourth-order valence-electron chi connectivity index (χ4n) is 6.69. The molecule has 4 aromatic rings. The molecule has 0 spiro atoms. The van der Waals surface area contributed by atoms with E-state index in [4.69, 9.17) is 10.5 Å². The van der Waals surface area contributed by atoms with Gasteiger partial charge in [0.2, 0.25) is 5.91 Å². The van der Waals surface area contributed by atoms with E-state index >= 15 is 4.39 Å². The Bertz CT molecular complexity index is 1910. The molecule has 0 saturated carbocycles. The number of aromatic nitrogens is 2. The SMILES string of the molecule is CN1C(=O)CC[C@H]1COc1nc(N2CC3CCC(C2)N3)c2cc(C(F)(F)F)c(-c3ccc(F)c4sc(N)c(C#N)c34)c(F)c2n1. The molecule has 3 atom stereocenters. The molecule has 3 fully saturated rings. The number of nitrogens with one attached hydrogen (secondary N) is 1. The van der Waals surface area contributed by atoms with Crippen LogP contribution in [0.1, 0.15) is 36.8 Å². The number of carbonyl (C=O) groups excluding carboxylic acids is 1. The van der Waals surface area contributed by atoms with Gasteiger partial charge < -0.3 is 25.6 Å². The Labute approximate surface area is 257 Å². The van der Waals surface area contributed by atoms with Gasteiger partial charge in [-0.15, -0.1) is 11.3 Å². The van der Waals surface area contributed by atoms with Crippen LogP contribution in [0.5, 0.6) is 6.01 Å². The molecule has 0 radical (unpaired) electrons. The molecule has 2 aromatic heterocycles. The number of benzene rings is 2. The molecule has 7 rings (SSSR count). The Kier molecular flexibility index (Phi) is 6.97. The first-order valence-corrected chi connectivity index (χ1v) is 15.2. The third-order valence-electron chi connectivity index (χ3n) is 8.95. The van der Waals surface area contributed by atoms with Crippen molar-refractivity contribution in [2.75, 3.05) is 37.4 Å². The molecule has 0 aliphatic carbocycles. The lowest BCUT2D eigenvalue weighted by Crippen LogP contribution is -2.51. The normalized spacial score (nSPS) is 21.7. The molecule has 234 valence electrons. The van der Waals surface area contributed by atoms with Crippen molar-refractivity contribution in [3.8, 4) is 23.2 Å². The summed E-state index contributed by atoms with van der Waals surface area (Å²) >= 11 is 0.701. The van der Waals surface area contributed by atoms with E-state index in [0.29, 0.717) is 37.3 Å². The van der Waals surface area contributed by atoms with Gasteiger partial charge in [-0.1, -0.05) is 6.07 Å². The number of ether oxygens (including phenoxy) is 1. The maximum Gasteiger partial charge on any atom is 0.417 e. The predicted molar refractivity (Wildman–Crippen MR) is 158 cm³/mol. The van der Waals surface area contributed by atoms with Crippen LogP contribution in [0, 0.1) is 23.0 Å². The minimum absolute atomic E-state index is 0.00734. The zero-order valence-corrected chi connectivity index (χ0v) is 24.7. The number of nitrogens with zero attached hydrogens (tertiary/aromatic N) is 5. The number of hydrogen-bond acceptors (Lipinski definition) is 9. The molecule has 2 aromatic carbocycles. The summed E-state index contributed by atoms with van der Waals surface area (Å²) in [5.74, 6) is -2.07. The Hall–Kier alpha value is -4.29. The summed E-state index contributed by atoms with van der Waals surface area (Å²) in [6, 6.07) is 4.24. The van der Waals surface area contributed by atoms with Gasteiger partial charge in [0.1, 0.15) is 34.8 Å². The minimum atomic E-state index is -5.05. The minimum Gasteiger partial charge on any atom is -0.461 e. The monoisotopic (exact) mass is 643 g/mol. The van der Waals surface area contributed by atoms with Crippen molar-refractivity contribution in [3.63, 3.8) is 0 Å². The number of fused-ring (bicyclic) bond motifs is 4. The van der Waals surface area contributed by atoms with E-state index in [1.165, 1.54) is 0 Å². The number of alkyl halides is 3. The molecule has 5 heterocycles. The first-order chi connectivity index (χ1) is 21.4. The second-order valence-electron chi connectivity index (χ2n) is 11.6. The van der Waals surface area contributed by atoms with Crippen molar-refractivity contribution in [1.82, 2.24) is 20.2 Å². The van der Waals surface area contributed by atoms with Crippen LogP contribution in [-0.2, 0) is 11.0 Å². The van der Waals surface area contributed by atoms with Crippen molar-refractivity contribution >= 4 is 49.1 Å². The van der Waals surface area contributed by atoms with Crippen LogP contribution in [0.4, 0.5) is 32.8 Å². The molecular formula is C30H26F5N7O2S. The fraction of sp³-hybridized carbons (Fsp3) is 0.400. The number of nitrogen functional groups attached to an aromatic ring is 1.